The van der Waals surface area contributed by atoms with E-state index in [0.29, 0.717) is 123 Å². The van der Waals surface area contributed by atoms with Crippen LogP contribution in [0.3, 0.4) is 0 Å². The Morgan fingerprint density at radius 2 is 1.31 bits per heavy atom. The molecule has 1 aliphatic rings. The lowest BCUT2D eigenvalue weighted by Crippen LogP contribution is -2.38. The zero-order valence-corrected chi connectivity index (χ0v) is 51.3. The fraction of sp³-hybridized carbons (Fsp3) is 0.419. The number of nitrogens with one attached hydrogen (secondary N) is 2. The van der Waals surface area contributed by atoms with Gasteiger partial charge in [0.05, 0.1) is 108 Å². The van der Waals surface area contributed by atoms with Crippen molar-refractivity contribution in [1.82, 2.24) is 15.6 Å². The molecule has 9 N–H and O–H groups in total. The SMILES string of the molecule is C=CCOc1ccc2c(=O)cc(-c3ccc(C(=O)NCCOCCOCCOCCOCCOCCN(N)/C4=C(\N)c5ccccc5CN(C(=O)CCC(=O)NCCCCCCOP(O)(O)=S)c5ccccc54)cc3)oc2c1OCC=C.CC.CO. The van der Waals surface area contributed by atoms with Gasteiger partial charge in [0.2, 0.25) is 17.6 Å². The summed E-state index contributed by atoms with van der Waals surface area (Å²) < 4.78 is 50.9. The lowest BCUT2D eigenvalue weighted by atomic mass is 9.95. The Bertz CT molecular complexity index is 3030. The number of carbonyl (C=O) groups excluding carboxylic acids is 3. The number of rotatable bonds is 38. The van der Waals surface area contributed by atoms with Gasteiger partial charge in [0.15, 0.2) is 16.8 Å². The summed E-state index contributed by atoms with van der Waals surface area (Å²) in [7, 11) is 1.00. The van der Waals surface area contributed by atoms with Crippen molar-refractivity contribution in [3.05, 3.63) is 149 Å². The Balaban J connectivity index is 0.00000388. The van der Waals surface area contributed by atoms with Crippen molar-refractivity contribution < 1.29 is 71.4 Å². The van der Waals surface area contributed by atoms with E-state index in [1.54, 1.807) is 53.5 Å². The summed E-state index contributed by atoms with van der Waals surface area (Å²) in [6.45, 7) is 13.0. The zero-order valence-electron chi connectivity index (χ0n) is 49.5. The minimum atomic E-state index is -3.64. The molecule has 3 amide bonds. The molecule has 0 saturated heterocycles. The van der Waals surface area contributed by atoms with E-state index in [0.717, 1.165) is 37.5 Å². The number of amides is 3. The number of hydrazine groups is 1. The quantitative estimate of drug-likeness (QED) is 0.00674. The lowest BCUT2D eigenvalue weighted by molar-refractivity contribution is -0.125. The van der Waals surface area contributed by atoms with Crippen molar-refractivity contribution in [1.29, 1.82) is 0 Å². The fourth-order valence-corrected chi connectivity index (χ4v) is 9.16. The molecule has 0 bridgehead atoms. The highest BCUT2D eigenvalue weighted by molar-refractivity contribution is 8.06. The van der Waals surface area contributed by atoms with E-state index < -0.39 is 6.72 Å². The Morgan fingerprint density at radius 3 is 1.97 bits per heavy atom. The van der Waals surface area contributed by atoms with Gasteiger partial charge in [0.25, 0.3) is 5.91 Å². The number of hydrogen-bond acceptors (Lipinski definition) is 18. The van der Waals surface area contributed by atoms with Crippen molar-refractivity contribution >= 4 is 64.3 Å². The molecule has 0 aliphatic carbocycles. The van der Waals surface area contributed by atoms with Gasteiger partial charge in [-0.1, -0.05) is 107 Å². The Labute approximate surface area is 508 Å². The minimum Gasteiger partial charge on any atom is -0.486 e. The number of para-hydroxylation sites is 1. The Kier molecular flexibility index (Phi) is 33.8. The number of carbonyl (C=O) groups is 3. The molecule has 1 aromatic heterocycles. The zero-order chi connectivity index (χ0) is 62.5. The van der Waals surface area contributed by atoms with Crippen LogP contribution in [-0.2, 0) is 56.1 Å². The molecule has 5 aromatic rings. The van der Waals surface area contributed by atoms with Crippen molar-refractivity contribution in [2.75, 3.05) is 118 Å². The number of benzene rings is 4. The lowest BCUT2D eigenvalue weighted by Gasteiger charge is -2.33. The number of fused-ring (bicyclic) bond motifs is 3. The normalized spacial score (nSPS) is 12.7. The fourth-order valence-electron chi connectivity index (χ4n) is 8.57. The summed E-state index contributed by atoms with van der Waals surface area (Å²) in [5.41, 5.74) is 11.7. The number of ether oxygens (including phenoxy) is 7. The first kappa shape index (κ1) is 71.6. The van der Waals surface area contributed by atoms with Crippen molar-refractivity contribution in [3.8, 4) is 22.8 Å². The first-order chi connectivity index (χ1) is 41.8. The molecule has 86 heavy (non-hydrogen) atoms. The predicted octanol–water partition coefficient (Wildman–Crippen LogP) is 7.23. The van der Waals surface area contributed by atoms with Crippen LogP contribution in [0, 0.1) is 0 Å². The second kappa shape index (κ2) is 40.5. The second-order valence-corrected chi connectivity index (χ2v) is 21.2. The number of nitrogens with zero attached hydrogens (tertiary/aromatic N) is 2. The molecule has 0 radical (unpaired) electrons. The summed E-state index contributed by atoms with van der Waals surface area (Å²) in [4.78, 5) is 72.6. The number of hydrogen-bond donors (Lipinski definition) is 7. The van der Waals surface area contributed by atoms with Gasteiger partial charge < -0.3 is 83.3 Å². The van der Waals surface area contributed by atoms with Gasteiger partial charge in [-0.25, -0.2) is 5.84 Å². The van der Waals surface area contributed by atoms with Gasteiger partial charge in [-0.15, -0.1) is 0 Å². The third kappa shape index (κ3) is 24.1. The van der Waals surface area contributed by atoms with Gasteiger partial charge in [-0.2, -0.15) is 0 Å². The summed E-state index contributed by atoms with van der Waals surface area (Å²) in [5, 5.41) is 14.6. The van der Waals surface area contributed by atoms with E-state index in [1.165, 1.54) is 11.1 Å². The van der Waals surface area contributed by atoms with E-state index in [2.05, 4.69) is 35.6 Å². The largest absolute Gasteiger partial charge is 0.486 e. The first-order valence-electron chi connectivity index (χ1n) is 28.6. The topological polar surface area (TPSA) is 299 Å². The van der Waals surface area contributed by atoms with E-state index >= 15 is 0 Å². The van der Waals surface area contributed by atoms with Crippen LogP contribution in [-0.4, -0.2) is 150 Å². The molecule has 0 fully saturated rings. The maximum Gasteiger partial charge on any atom is 0.321 e. The third-order valence-electron chi connectivity index (χ3n) is 12.6. The van der Waals surface area contributed by atoms with E-state index in [-0.39, 0.29) is 93.4 Å². The number of unbranched alkanes of at least 4 members (excludes halogenated alkanes) is 3. The Hall–Kier alpha value is -6.83. The summed E-state index contributed by atoms with van der Waals surface area (Å²) in [6.07, 6.45) is 6.12. The molecule has 4 aromatic carbocycles. The van der Waals surface area contributed by atoms with Gasteiger partial charge >= 0.3 is 6.72 Å². The number of anilines is 1. The maximum absolute atomic E-state index is 14.0. The van der Waals surface area contributed by atoms with Crippen LogP contribution >= 0.6 is 6.72 Å². The van der Waals surface area contributed by atoms with Gasteiger partial charge in [0, 0.05) is 61.4 Å². The summed E-state index contributed by atoms with van der Waals surface area (Å²) in [5.74, 6) is 6.99. The first-order valence-corrected chi connectivity index (χ1v) is 31.2. The van der Waals surface area contributed by atoms with Crippen LogP contribution in [0.1, 0.15) is 79.4 Å². The molecule has 22 nitrogen and oxygen atoms in total. The van der Waals surface area contributed by atoms with Crippen LogP contribution in [0.5, 0.6) is 11.5 Å². The van der Waals surface area contributed by atoms with E-state index in [1.807, 2.05) is 62.4 Å². The average Bonchev–Trinajstić information content (AvgIpc) is 1.14. The standard InChI is InChI=1S/C59H75N6O15PS.C2H6.CH4O/c1-3-28-77-51-22-21-48-50(66)41-52(80-57(48)58(51)78-29-4-2)43-17-19-44(20-18-43)59(69)63-26-31-72-33-35-74-37-39-76-40-38-75-36-34-73-32-27-65(61)56-47-15-9-10-16-49(47)64(42-45-13-7-8-14-46(45)55(56)60)54(68)24-23-53(67)62-25-11-5-6-12-30-79-81(70,71)82;2*1-2/h3-4,7-10,13-22,41H,1-2,5-6,11-12,23-40,42,60-61H2,(H,62,67)(H,63,69)(H2,70,71,82);1-2H3;2H,1H3/b56-55-;;. The molecule has 0 atom stereocenters. The monoisotopic (exact) mass is 1230 g/mol. The van der Waals surface area contributed by atoms with Crippen molar-refractivity contribution in [2.24, 2.45) is 11.6 Å². The molecule has 1 aliphatic heterocycles. The summed E-state index contributed by atoms with van der Waals surface area (Å²) >= 11 is 4.45. The molecule has 0 saturated carbocycles. The molecule has 24 heteroatoms. The second-order valence-electron chi connectivity index (χ2n) is 18.5. The molecule has 0 spiro atoms. The van der Waals surface area contributed by atoms with Crippen LogP contribution < -0.4 is 42.0 Å². The van der Waals surface area contributed by atoms with Crippen LogP contribution in [0.25, 0.3) is 33.7 Å². The highest BCUT2D eigenvalue weighted by Crippen LogP contribution is 2.39. The number of aliphatic hydroxyl groups excluding tert-OH is 1. The van der Waals surface area contributed by atoms with E-state index in [9.17, 15) is 19.2 Å². The predicted molar refractivity (Wildman–Crippen MR) is 337 cm³/mol. The van der Waals surface area contributed by atoms with Crippen molar-refractivity contribution in [2.45, 2.75) is 58.9 Å². The molecule has 0 unspecified atom stereocenters. The maximum atomic E-state index is 14.0. The van der Waals surface area contributed by atoms with Crippen LogP contribution in [0.15, 0.2) is 126 Å². The third-order valence-corrected chi connectivity index (χ3v) is 13.4. The van der Waals surface area contributed by atoms with Crippen molar-refractivity contribution in [3.63, 3.8) is 0 Å². The molecular formula is C62H85N6O16PS. The summed E-state index contributed by atoms with van der Waals surface area (Å²) in [6, 6.07) is 26.4. The smallest absolute Gasteiger partial charge is 0.321 e. The van der Waals surface area contributed by atoms with Gasteiger partial charge in [0.1, 0.15) is 19.0 Å². The van der Waals surface area contributed by atoms with Crippen LogP contribution in [0.4, 0.5) is 5.69 Å². The highest BCUT2D eigenvalue weighted by Gasteiger charge is 2.28. The van der Waals surface area contributed by atoms with Gasteiger partial charge in [-0.05, 0) is 60.5 Å². The minimum absolute atomic E-state index is 0.0121. The van der Waals surface area contributed by atoms with Crippen LogP contribution in [0.2, 0.25) is 0 Å². The molecule has 470 valence electrons. The number of aliphatic hydroxyl groups is 1. The highest BCUT2D eigenvalue weighted by atomic mass is 32.5. The molecular weight excluding hydrogens is 1150 g/mol. The number of nitrogens with two attached hydrogens (primary N) is 2. The van der Waals surface area contributed by atoms with Gasteiger partial charge in [-0.3, -0.25) is 19.2 Å². The average molecular weight is 1230 g/mol. The molecule has 6 rings (SSSR count). The van der Waals surface area contributed by atoms with E-state index in [4.69, 9.17) is 68.6 Å². The Morgan fingerprint density at radius 1 is 0.721 bits per heavy atom. The molecule has 2 heterocycles.